The van der Waals surface area contributed by atoms with Crippen LogP contribution in [0, 0.1) is 5.82 Å². The Morgan fingerprint density at radius 2 is 2.00 bits per heavy atom. The molecule has 1 aromatic carbocycles. The third kappa shape index (κ3) is 3.07. The van der Waals surface area contributed by atoms with Crippen molar-refractivity contribution in [3.8, 4) is 28.3 Å². The summed E-state index contributed by atoms with van der Waals surface area (Å²) < 4.78 is 49.4. The van der Waals surface area contributed by atoms with E-state index in [4.69, 9.17) is 10.5 Å². The summed E-state index contributed by atoms with van der Waals surface area (Å²) in [5, 5.41) is 4.26. The van der Waals surface area contributed by atoms with Gasteiger partial charge in [-0.15, -0.1) is 0 Å². The quantitative estimate of drug-likeness (QED) is 0.394. The number of ether oxygens (including phenoxy) is 1. The number of aryl methyl sites for hydroxylation is 1. The molecule has 1 aliphatic heterocycles. The number of fused-ring (bicyclic) bond motifs is 7. The topological polar surface area (TPSA) is 78.9 Å². The minimum absolute atomic E-state index is 0.112. The van der Waals surface area contributed by atoms with Gasteiger partial charge in [-0.25, -0.2) is 14.1 Å². The number of hydrogen-bond donors (Lipinski definition) is 1. The van der Waals surface area contributed by atoms with Crippen LogP contribution in [0.2, 0.25) is 0 Å². The van der Waals surface area contributed by atoms with E-state index >= 15 is 0 Å². The Labute approximate surface area is 193 Å². The average molecular weight is 463 g/mol. The van der Waals surface area contributed by atoms with Crippen LogP contribution < -0.4 is 10.5 Å². The molecule has 4 heterocycles. The number of hydrogen-bond acceptors (Lipinski definition) is 5. The minimum atomic E-state index is -2.83. The Hall–Kier alpha value is -3.88. The van der Waals surface area contributed by atoms with Crippen molar-refractivity contribution in [3.63, 3.8) is 0 Å². The molecule has 0 saturated carbocycles. The lowest BCUT2D eigenvalue weighted by Gasteiger charge is -2.24. The van der Waals surface area contributed by atoms with Crippen molar-refractivity contribution in [2.24, 2.45) is 0 Å². The van der Waals surface area contributed by atoms with Gasteiger partial charge in [0.05, 0.1) is 17.1 Å². The van der Waals surface area contributed by atoms with Crippen molar-refractivity contribution < 1.29 is 17.9 Å². The van der Waals surface area contributed by atoms with Crippen molar-refractivity contribution in [1.82, 2.24) is 19.7 Å². The van der Waals surface area contributed by atoms with E-state index in [1.54, 1.807) is 25.3 Å². The summed E-state index contributed by atoms with van der Waals surface area (Å²) in [6, 6.07) is 9.87. The number of aromatic nitrogens is 4. The van der Waals surface area contributed by atoms with E-state index in [2.05, 4.69) is 15.1 Å². The first-order valence-electron chi connectivity index (χ1n) is 11.0. The second-order valence-corrected chi connectivity index (χ2v) is 8.56. The summed E-state index contributed by atoms with van der Waals surface area (Å²) in [4.78, 5) is 8.86. The summed E-state index contributed by atoms with van der Waals surface area (Å²) in [6.07, 6.45) is 3.78. The molecule has 172 valence electrons. The molecule has 0 amide bonds. The zero-order valence-corrected chi connectivity index (χ0v) is 18.2. The third-order valence-corrected chi connectivity index (χ3v) is 6.61. The maximum atomic E-state index is 14.3. The second kappa shape index (κ2) is 7.58. The fraction of sp³-hybridized carbons (Fsp3) is 0.240. The molecule has 6 nitrogen and oxygen atoms in total. The number of nitrogen functional groups attached to an aromatic ring is 1. The van der Waals surface area contributed by atoms with Crippen LogP contribution in [0.5, 0.6) is 5.75 Å². The maximum absolute atomic E-state index is 14.3. The van der Waals surface area contributed by atoms with E-state index in [-0.39, 0.29) is 17.5 Å². The zero-order valence-electron chi connectivity index (χ0n) is 18.2. The molecule has 2 aliphatic rings. The summed E-state index contributed by atoms with van der Waals surface area (Å²) in [7, 11) is 0. The molecule has 0 spiro atoms. The number of nitrogens with two attached hydrogens (primary N) is 1. The van der Waals surface area contributed by atoms with Gasteiger partial charge in [0, 0.05) is 40.6 Å². The van der Waals surface area contributed by atoms with Crippen LogP contribution in [0.25, 0.3) is 22.5 Å². The Kier molecular flexibility index (Phi) is 4.62. The van der Waals surface area contributed by atoms with Gasteiger partial charge in [0.25, 0.3) is 0 Å². The van der Waals surface area contributed by atoms with Gasteiger partial charge in [-0.3, -0.25) is 4.98 Å². The molecule has 3 aromatic heterocycles. The molecule has 4 aromatic rings. The van der Waals surface area contributed by atoms with E-state index in [1.807, 2.05) is 12.1 Å². The molecular weight excluding hydrogens is 443 g/mol. The van der Waals surface area contributed by atoms with Crippen molar-refractivity contribution in [2.45, 2.75) is 38.3 Å². The molecule has 2 bridgehead atoms. The molecule has 0 radical (unpaired) electrons. The van der Waals surface area contributed by atoms with Crippen LogP contribution in [-0.4, -0.2) is 19.7 Å². The maximum Gasteiger partial charge on any atom is 0.333 e. The van der Waals surface area contributed by atoms with Gasteiger partial charge in [-0.2, -0.15) is 13.9 Å². The fourth-order valence-corrected chi connectivity index (χ4v) is 5.15. The molecule has 2 N–H and O–H groups in total. The van der Waals surface area contributed by atoms with Crippen molar-refractivity contribution >= 4 is 5.82 Å². The highest BCUT2D eigenvalue weighted by molar-refractivity contribution is 5.74. The molecule has 1 aliphatic carbocycles. The monoisotopic (exact) mass is 463 g/mol. The SMILES string of the molecule is C[C@H]1Oc2cc(cnc2N)-c2c3c(nn2C(F)F)CCC3c2cccnc2-c2ccc(F)cc21. The number of anilines is 1. The molecule has 0 saturated heterocycles. The highest BCUT2D eigenvalue weighted by Gasteiger charge is 2.36. The predicted octanol–water partition coefficient (Wildman–Crippen LogP) is 5.66. The summed E-state index contributed by atoms with van der Waals surface area (Å²) in [6.45, 7) is -1.05. The second-order valence-electron chi connectivity index (χ2n) is 8.56. The van der Waals surface area contributed by atoms with E-state index in [0.717, 1.165) is 15.8 Å². The molecule has 0 fully saturated rings. The first-order chi connectivity index (χ1) is 16.4. The zero-order chi connectivity index (χ0) is 23.6. The van der Waals surface area contributed by atoms with E-state index < -0.39 is 18.5 Å². The van der Waals surface area contributed by atoms with Gasteiger partial charge in [-0.05, 0) is 55.7 Å². The molecular formula is C25H20F3N5O. The third-order valence-electron chi connectivity index (χ3n) is 6.61. The number of benzene rings is 1. The van der Waals surface area contributed by atoms with Gasteiger partial charge in [-0.1, -0.05) is 6.07 Å². The Morgan fingerprint density at radius 1 is 1.15 bits per heavy atom. The summed E-state index contributed by atoms with van der Waals surface area (Å²) in [5.41, 5.74) is 11.0. The molecule has 9 heteroatoms. The Balaban J connectivity index is 1.71. The molecule has 6 rings (SSSR count). The number of nitrogens with zero attached hydrogens (tertiary/aromatic N) is 4. The summed E-state index contributed by atoms with van der Waals surface area (Å²) >= 11 is 0. The molecule has 2 atom stereocenters. The van der Waals surface area contributed by atoms with Crippen LogP contribution in [0.4, 0.5) is 19.0 Å². The van der Waals surface area contributed by atoms with E-state index in [1.165, 1.54) is 18.3 Å². The van der Waals surface area contributed by atoms with Gasteiger partial charge in [0.15, 0.2) is 11.6 Å². The average Bonchev–Trinajstić information content (AvgIpc) is 3.40. The largest absolute Gasteiger partial charge is 0.482 e. The van der Waals surface area contributed by atoms with Crippen molar-refractivity contribution in [1.29, 1.82) is 0 Å². The van der Waals surface area contributed by atoms with Gasteiger partial charge < -0.3 is 10.5 Å². The lowest BCUT2D eigenvalue weighted by molar-refractivity contribution is 0.0579. The first kappa shape index (κ1) is 20.7. The first-order valence-corrected chi connectivity index (χ1v) is 11.0. The van der Waals surface area contributed by atoms with Crippen LogP contribution in [-0.2, 0) is 6.42 Å². The van der Waals surface area contributed by atoms with Gasteiger partial charge >= 0.3 is 6.55 Å². The molecule has 34 heavy (non-hydrogen) atoms. The Morgan fingerprint density at radius 3 is 2.82 bits per heavy atom. The predicted molar refractivity (Wildman–Crippen MR) is 120 cm³/mol. The van der Waals surface area contributed by atoms with Crippen molar-refractivity contribution in [3.05, 3.63) is 77.0 Å². The molecule has 1 unspecified atom stereocenters. The number of alkyl halides is 2. The number of pyridine rings is 2. The Bertz CT molecular complexity index is 1430. The highest BCUT2D eigenvalue weighted by atomic mass is 19.3. The standard InChI is InChI=1S/C25H20F3N5O/c1-12-18-10-14(26)4-5-17(18)22-16(3-2-8-30-22)15-6-7-19-21(15)23(33(32-19)25(27)28)13-9-20(34-12)24(29)31-11-13/h2-5,8-12,15,25H,6-7H2,1H3,(H2,29,31)/t12-,15?/m1/s1. The van der Waals surface area contributed by atoms with Crippen LogP contribution in [0.1, 0.15) is 54.3 Å². The minimum Gasteiger partial charge on any atom is -0.482 e. The van der Waals surface area contributed by atoms with E-state index in [9.17, 15) is 13.2 Å². The van der Waals surface area contributed by atoms with Crippen molar-refractivity contribution in [2.75, 3.05) is 5.73 Å². The lowest BCUT2D eigenvalue weighted by atomic mass is 9.86. The highest BCUT2D eigenvalue weighted by Crippen LogP contribution is 2.48. The lowest BCUT2D eigenvalue weighted by Crippen LogP contribution is -2.12. The fourth-order valence-electron chi connectivity index (χ4n) is 5.15. The van der Waals surface area contributed by atoms with Crippen LogP contribution in [0.15, 0.2) is 48.8 Å². The number of rotatable bonds is 1. The van der Waals surface area contributed by atoms with E-state index in [0.29, 0.717) is 46.6 Å². The number of halogens is 3. The van der Waals surface area contributed by atoms with Crippen LogP contribution in [0.3, 0.4) is 0 Å². The summed E-state index contributed by atoms with van der Waals surface area (Å²) in [5.74, 6) is -0.272. The smallest absolute Gasteiger partial charge is 0.333 e. The van der Waals surface area contributed by atoms with Crippen LogP contribution >= 0.6 is 0 Å². The normalized spacial score (nSPS) is 18.4. The van der Waals surface area contributed by atoms with Gasteiger partial charge in [0.1, 0.15) is 11.9 Å². The van der Waals surface area contributed by atoms with Gasteiger partial charge in [0.2, 0.25) is 0 Å².